The molecule has 0 saturated heterocycles. The summed E-state index contributed by atoms with van der Waals surface area (Å²) in [6.07, 6.45) is 3.06. The van der Waals surface area contributed by atoms with Crippen molar-refractivity contribution in [3.63, 3.8) is 0 Å². The highest BCUT2D eigenvalue weighted by molar-refractivity contribution is 6.35. The highest BCUT2D eigenvalue weighted by Gasteiger charge is 2.32. The molecule has 0 aliphatic heterocycles. The quantitative estimate of drug-likeness (QED) is 0.840. The van der Waals surface area contributed by atoms with Gasteiger partial charge in [0.25, 0.3) is 5.91 Å². The molecule has 1 N–H and O–H groups in total. The van der Waals surface area contributed by atoms with Crippen molar-refractivity contribution in [2.75, 3.05) is 11.9 Å². The number of hydrogen-bond donors (Lipinski definition) is 1. The molecule has 0 fully saturated rings. The number of aromatic nitrogens is 2. The molecular weight excluding hydrogens is 330 g/mol. The van der Waals surface area contributed by atoms with Crippen molar-refractivity contribution in [3.8, 4) is 0 Å². The van der Waals surface area contributed by atoms with Gasteiger partial charge in [0.05, 0.1) is 29.1 Å². The molecule has 0 unspecified atom stereocenters. The number of halogens is 1. The molecule has 1 aromatic carbocycles. The number of anilines is 1. The lowest BCUT2D eigenvalue weighted by molar-refractivity contribution is -0.152. The molecule has 2 rings (SSSR count). The predicted molar refractivity (Wildman–Crippen MR) is 92.3 cm³/mol. The Bertz CT molecular complexity index is 768. The minimum absolute atomic E-state index is 0.291. The van der Waals surface area contributed by atoms with Crippen LogP contribution in [0.3, 0.4) is 0 Å². The number of carbonyl (C=O) groups excluding carboxylic acids is 2. The number of nitrogens with one attached hydrogen (secondary N) is 1. The normalized spacial score (nSPS) is 11.2. The van der Waals surface area contributed by atoms with Crippen LogP contribution in [0.5, 0.6) is 0 Å². The van der Waals surface area contributed by atoms with Gasteiger partial charge in [0.15, 0.2) is 5.54 Å². The van der Waals surface area contributed by atoms with Crippen LogP contribution in [0, 0.1) is 6.92 Å². The second-order valence-electron chi connectivity index (χ2n) is 5.84. The number of aryl methyl sites for hydroxylation is 1. The zero-order valence-electron chi connectivity index (χ0n) is 14.1. The number of hydrogen-bond acceptors (Lipinski definition) is 4. The Morgan fingerprint density at radius 3 is 2.75 bits per heavy atom. The van der Waals surface area contributed by atoms with Crippen molar-refractivity contribution in [2.24, 2.45) is 0 Å². The van der Waals surface area contributed by atoms with Crippen molar-refractivity contribution in [3.05, 3.63) is 46.7 Å². The summed E-state index contributed by atoms with van der Waals surface area (Å²) in [5.41, 5.74) is 0.701. The van der Waals surface area contributed by atoms with Gasteiger partial charge in [-0.2, -0.15) is 5.10 Å². The lowest BCUT2D eigenvalue weighted by Crippen LogP contribution is -2.37. The number of carbonyl (C=O) groups is 2. The smallest absolute Gasteiger partial charge is 0.333 e. The third-order valence-electron chi connectivity index (χ3n) is 3.62. The largest absolute Gasteiger partial charge is 0.464 e. The molecule has 24 heavy (non-hydrogen) atoms. The Hall–Kier alpha value is -2.34. The average molecular weight is 350 g/mol. The van der Waals surface area contributed by atoms with Crippen LogP contribution in [0.2, 0.25) is 5.02 Å². The third-order valence-corrected chi connectivity index (χ3v) is 4.13. The second-order valence-corrected chi connectivity index (χ2v) is 6.22. The summed E-state index contributed by atoms with van der Waals surface area (Å²) in [6, 6.07) is 5.25. The van der Waals surface area contributed by atoms with Gasteiger partial charge in [-0.1, -0.05) is 23.7 Å². The second kappa shape index (κ2) is 7.05. The number of ether oxygens (including phenoxy) is 1. The van der Waals surface area contributed by atoms with Crippen molar-refractivity contribution in [2.45, 2.75) is 33.2 Å². The summed E-state index contributed by atoms with van der Waals surface area (Å²) in [5, 5.41) is 7.29. The van der Waals surface area contributed by atoms with E-state index in [2.05, 4.69) is 10.4 Å². The molecule has 1 heterocycles. The zero-order chi connectivity index (χ0) is 17.9. The SMILES string of the molecule is CCOC(=O)C(C)(C)n1cc(NC(=O)c2cccc(C)c2Cl)cn1. The van der Waals surface area contributed by atoms with E-state index >= 15 is 0 Å². The number of amides is 1. The Labute approximate surface area is 145 Å². The fourth-order valence-electron chi connectivity index (χ4n) is 2.12. The summed E-state index contributed by atoms with van der Waals surface area (Å²) in [6.45, 7) is 7.26. The van der Waals surface area contributed by atoms with Crippen molar-refractivity contribution in [1.29, 1.82) is 0 Å². The van der Waals surface area contributed by atoms with Gasteiger partial charge in [0, 0.05) is 6.20 Å². The Kier molecular flexibility index (Phi) is 5.29. The van der Waals surface area contributed by atoms with E-state index in [1.807, 2.05) is 13.0 Å². The highest BCUT2D eigenvalue weighted by Crippen LogP contribution is 2.23. The summed E-state index contributed by atoms with van der Waals surface area (Å²) in [4.78, 5) is 24.4. The summed E-state index contributed by atoms with van der Waals surface area (Å²) < 4.78 is 6.50. The minimum atomic E-state index is -0.972. The van der Waals surface area contributed by atoms with Crippen LogP contribution in [0.4, 0.5) is 5.69 Å². The van der Waals surface area contributed by atoms with Crippen LogP contribution < -0.4 is 5.32 Å². The molecule has 0 spiro atoms. The fraction of sp³-hybridized carbons (Fsp3) is 0.353. The predicted octanol–water partition coefficient (Wildman–Crippen LogP) is 3.40. The monoisotopic (exact) mass is 349 g/mol. The highest BCUT2D eigenvalue weighted by atomic mass is 35.5. The standard InChI is InChI=1S/C17H20ClN3O3/c1-5-24-16(23)17(3,4)21-10-12(9-19-21)20-15(22)13-8-6-7-11(2)14(13)18/h6-10H,5H2,1-4H3,(H,20,22). The molecule has 0 saturated carbocycles. The summed E-state index contributed by atoms with van der Waals surface area (Å²) in [5.74, 6) is -0.732. The number of nitrogens with zero attached hydrogens (tertiary/aromatic N) is 2. The first-order chi connectivity index (χ1) is 11.3. The molecule has 6 nitrogen and oxygen atoms in total. The first-order valence-corrected chi connectivity index (χ1v) is 7.94. The van der Waals surface area contributed by atoms with Gasteiger partial charge in [-0.05, 0) is 39.3 Å². The molecule has 0 radical (unpaired) electrons. The van der Waals surface area contributed by atoms with Crippen LogP contribution in [0.25, 0.3) is 0 Å². The molecule has 0 bridgehead atoms. The number of esters is 1. The van der Waals surface area contributed by atoms with E-state index in [-0.39, 0.29) is 5.91 Å². The molecule has 2 aromatic rings. The summed E-state index contributed by atoms with van der Waals surface area (Å²) >= 11 is 6.17. The molecule has 128 valence electrons. The molecule has 1 amide bonds. The van der Waals surface area contributed by atoms with Crippen LogP contribution in [-0.2, 0) is 15.1 Å². The van der Waals surface area contributed by atoms with Crippen LogP contribution in [0.1, 0.15) is 36.7 Å². The minimum Gasteiger partial charge on any atom is -0.464 e. The van der Waals surface area contributed by atoms with Crippen LogP contribution >= 0.6 is 11.6 Å². The zero-order valence-corrected chi connectivity index (χ0v) is 14.8. The maximum Gasteiger partial charge on any atom is 0.333 e. The van der Waals surface area contributed by atoms with Crippen LogP contribution in [-0.4, -0.2) is 28.3 Å². The van der Waals surface area contributed by atoms with E-state index in [0.29, 0.717) is 22.9 Å². The number of rotatable bonds is 5. The Balaban J connectivity index is 2.18. The first kappa shape index (κ1) is 18.0. The van der Waals surface area contributed by atoms with Gasteiger partial charge < -0.3 is 10.1 Å². The maximum atomic E-state index is 12.4. The molecule has 0 aliphatic carbocycles. The van der Waals surface area contributed by atoms with Gasteiger partial charge in [-0.3, -0.25) is 9.48 Å². The van der Waals surface area contributed by atoms with Gasteiger partial charge in [0.1, 0.15) is 0 Å². The van der Waals surface area contributed by atoms with Crippen molar-refractivity contribution >= 4 is 29.2 Å². The van der Waals surface area contributed by atoms with Crippen molar-refractivity contribution < 1.29 is 14.3 Å². The van der Waals surface area contributed by atoms with E-state index in [1.54, 1.807) is 39.1 Å². The Morgan fingerprint density at radius 1 is 1.38 bits per heavy atom. The van der Waals surface area contributed by atoms with E-state index in [9.17, 15) is 9.59 Å². The molecule has 1 aromatic heterocycles. The van der Waals surface area contributed by atoms with E-state index in [1.165, 1.54) is 10.9 Å². The molecule has 0 aliphatic rings. The van der Waals surface area contributed by atoms with E-state index < -0.39 is 11.5 Å². The lowest BCUT2D eigenvalue weighted by Gasteiger charge is -2.22. The molecular formula is C17H20ClN3O3. The molecule has 7 heteroatoms. The maximum absolute atomic E-state index is 12.4. The van der Waals surface area contributed by atoms with Crippen LogP contribution in [0.15, 0.2) is 30.6 Å². The average Bonchev–Trinajstić information content (AvgIpc) is 2.99. The van der Waals surface area contributed by atoms with Crippen molar-refractivity contribution in [1.82, 2.24) is 9.78 Å². The van der Waals surface area contributed by atoms with E-state index in [4.69, 9.17) is 16.3 Å². The first-order valence-electron chi connectivity index (χ1n) is 7.56. The van der Waals surface area contributed by atoms with E-state index in [0.717, 1.165) is 5.56 Å². The van der Waals surface area contributed by atoms with Gasteiger partial charge in [0.2, 0.25) is 0 Å². The fourth-order valence-corrected chi connectivity index (χ4v) is 2.33. The van der Waals surface area contributed by atoms with Gasteiger partial charge in [-0.15, -0.1) is 0 Å². The number of benzene rings is 1. The Morgan fingerprint density at radius 2 is 2.08 bits per heavy atom. The lowest BCUT2D eigenvalue weighted by atomic mass is 10.1. The van der Waals surface area contributed by atoms with Gasteiger partial charge >= 0.3 is 5.97 Å². The molecule has 0 atom stereocenters. The summed E-state index contributed by atoms with van der Waals surface area (Å²) in [7, 11) is 0. The third kappa shape index (κ3) is 3.59. The van der Waals surface area contributed by atoms with Gasteiger partial charge in [-0.25, -0.2) is 4.79 Å². The topological polar surface area (TPSA) is 73.2 Å².